The van der Waals surface area contributed by atoms with Crippen LogP contribution in [-0.2, 0) is 27.8 Å². The van der Waals surface area contributed by atoms with Gasteiger partial charge in [0.1, 0.15) is 11.8 Å². The molecule has 0 spiro atoms. The summed E-state index contributed by atoms with van der Waals surface area (Å²) in [6, 6.07) is 18.4. The van der Waals surface area contributed by atoms with Gasteiger partial charge >= 0.3 is 6.03 Å². The summed E-state index contributed by atoms with van der Waals surface area (Å²) in [5.41, 5.74) is 2.77. The molecule has 1 aromatic heterocycles. The molecule has 4 N–H and O–H groups in total. The summed E-state index contributed by atoms with van der Waals surface area (Å²) in [6.07, 6.45) is 0.682. The van der Waals surface area contributed by atoms with Gasteiger partial charge in [0.2, 0.25) is 15.9 Å². The molecule has 0 unspecified atom stereocenters. The van der Waals surface area contributed by atoms with Crippen molar-refractivity contribution in [3.05, 3.63) is 95.3 Å². The number of rotatable bonds is 18. The second kappa shape index (κ2) is 18.8. The maximum absolute atomic E-state index is 14.3. The largest absolute Gasteiger partial charge is 0.411 e. The summed E-state index contributed by atoms with van der Waals surface area (Å²) in [4.78, 5) is 35.9. The molecule has 2 aromatic carbocycles. The maximum Gasteiger partial charge on any atom is 0.321 e. The molecule has 1 saturated heterocycles. The fraction of sp³-hybridized carbons (Fsp3) is 0.447. The predicted molar refractivity (Wildman–Crippen MR) is 201 cm³/mol. The molecule has 1 fully saturated rings. The van der Waals surface area contributed by atoms with Gasteiger partial charge < -0.3 is 30.6 Å². The highest BCUT2D eigenvalue weighted by Crippen LogP contribution is 2.24. The van der Waals surface area contributed by atoms with Gasteiger partial charge in [-0.15, -0.1) is 0 Å². The van der Waals surface area contributed by atoms with Gasteiger partial charge in [-0.25, -0.2) is 18.2 Å². The zero-order chi connectivity index (χ0) is 38.7. The standard InChI is InChI=1S/C38H51N7O7S/c1-6-27(4)36(45-20-19-43(38(45)48)24-31-13-10-14-33(40-31)28(5)42-50)37(47)41-34(21-29-11-8-7-9-12-29)35(46)25-44(23-26(2)3)53(51,52)32-17-15-30(16-18-32)22-39-49/h7-18,22,26-27,34-36,46,49-50H,6,19-21,23-25H2,1-5H3,(H,41,47)/b39-22+,42-28+/t27-,34-,35+,36-/m0/s1. The molecule has 14 nitrogen and oxygen atoms in total. The van der Waals surface area contributed by atoms with Crippen LogP contribution in [0.3, 0.4) is 0 Å². The van der Waals surface area contributed by atoms with Gasteiger partial charge in [0.25, 0.3) is 0 Å². The molecule has 1 aliphatic rings. The minimum Gasteiger partial charge on any atom is -0.411 e. The lowest BCUT2D eigenvalue weighted by molar-refractivity contribution is -0.128. The third-order valence-electron chi connectivity index (χ3n) is 9.37. The normalized spacial score (nSPS) is 16.4. The molecule has 3 aromatic rings. The average Bonchev–Trinajstić information content (AvgIpc) is 3.49. The Morgan fingerprint density at radius 1 is 1.00 bits per heavy atom. The van der Waals surface area contributed by atoms with Crippen LogP contribution >= 0.6 is 0 Å². The van der Waals surface area contributed by atoms with E-state index in [4.69, 9.17) is 5.21 Å². The van der Waals surface area contributed by atoms with Crippen LogP contribution in [0, 0.1) is 11.8 Å². The van der Waals surface area contributed by atoms with Crippen molar-refractivity contribution in [2.75, 3.05) is 26.2 Å². The molecule has 0 saturated carbocycles. The third kappa shape index (κ3) is 10.6. The summed E-state index contributed by atoms with van der Waals surface area (Å²) < 4.78 is 29.1. The van der Waals surface area contributed by atoms with Crippen molar-refractivity contribution in [3.8, 4) is 0 Å². The van der Waals surface area contributed by atoms with Crippen molar-refractivity contribution in [1.82, 2.24) is 24.4 Å². The van der Waals surface area contributed by atoms with Gasteiger partial charge in [-0.05, 0) is 60.6 Å². The molecule has 3 amide bonds. The van der Waals surface area contributed by atoms with Crippen LogP contribution in [0.25, 0.3) is 0 Å². The molecule has 0 aliphatic carbocycles. The number of nitrogens with zero attached hydrogens (tertiary/aromatic N) is 6. The molecule has 4 atom stereocenters. The number of aromatic nitrogens is 1. The highest BCUT2D eigenvalue weighted by atomic mass is 32.2. The Balaban J connectivity index is 1.59. The van der Waals surface area contributed by atoms with E-state index < -0.39 is 34.1 Å². The fourth-order valence-electron chi connectivity index (χ4n) is 6.33. The number of oxime groups is 2. The molecule has 2 heterocycles. The van der Waals surface area contributed by atoms with Crippen LogP contribution in [-0.4, -0.2) is 111 Å². The quantitative estimate of drug-likeness (QED) is 0.0847. The van der Waals surface area contributed by atoms with Crippen LogP contribution in [0.1, 0.15) is 63.6 Å². The summed E-state index contributed by atoms with van der Waals surface area (Å²) >= 11 is 0. The van der Waals surface area contributed by atoms with E-state index in [1.807, 2.05) is 58.0 Å². The Morgan fingerprint density at radius 2 is 1.70 bits per heavy atom. The molecule has 286 valence electrons. The summed E-state index contributed by atoms with van der Waals surface area (Å²) in [7, 11) is -4.08. The van der Waals surface area contributed by atoms with Crippen LogP contribution in [0.5, 0.6) is 0 Å². The molecule has 4 rings (SSSR count). The Kier molecular flexibility index (Phi) is 14.5. The number of aliphatic hydroxyl groups excluding tert-OH is 1. The van der Waals surface area contributed by atoms with Crippen LogP contribution in [0.4, 0.5) is 4.79 Å². The number of carbonyl (C=O) groups excluding carboxylic acids is 2. The maximum atomic E-state index is 14.3. The van der Waals surface area contributed by atoms with E-state index in [9.17, 15) is 28.3 Å². The molecule has 0 radical (unpaired) electrons. The first-order chi connectivity index (χ1) is 25.3. The van der Waals surface area contributed by atoms with Crippen molar-refractivity contribution in [2.45, 2.75) is 77.1 Å². The molecule has 0 bridgehead atoms. The lowest BCUT2D eigenvalue weighted by atomic mass is 9.95. The number of aliphatic hydroxyl groups is 1. The van der Waals surface area contributed by atoms with E-state index in [1.54, 1.807) is 34.9 Å². The number of carbonyl (C=O) groups is 2. The smallest absolute Gasteiger partial charge is 0.321 e. The van der Waals surface area contributed by atoms with E-state index in [1.165, 1.54) is 34.8 Å². The van der Waals surface area contributed by atoms with Crippen LogP contribution in [0.2, 0.25) is 0 Å². The minimum absolute atomic E-state index is 0.0107. The van der Waals surface area contributed by atoms with E-state index >= 15 is 0 Å². The van der Waals surface area contributed by atoms with Crippen molar-refractivity contribution >= 4 is 33.9 Å². The number of hydrogen-bond acceptors (Lipinski definition) is 10. The van der Waals surface area contributed by atoms with E-state index in [-0.39, 0.29) is 48.8 Å². The highest BCUT2D eigenvalue weighted by Gasteiger charge is 2.41. The summed E-state index contributed by atoms with van der Waals surface area (Å²) in [6.45, 7) is 9.91. The monoisotopic (exact) mass is 749 g/mol. The summed E-state index contributed by atoms with van der Waals surface area (Å²) in [5.74, 6) is -0.762. The van der Waals surface area contributed by atoms with Crippen molar-refractivity contribution in [1.29, 1.82) is 0 Å². The second-order valence-electron chi connectivity index (χ2n) is 13.8. The van der Waals surface area contributed by atoms with Crippen LogP contribution in [0.15, 0.2) is 88.0 Å². The second-order valence-corrected chi connectivity index (χ2v) is 15.8. The minimum atomic E-state index is -4.08. The average molecular weight is 750 g/mol. The molecule has 1 aliphatic heterocycles. The van der Waals surface area contributed by atoms with Gasteiger partial charge in [0.15, 0.2) is 0 Å². The lowest BCUT2D eigenvalue weighted by Crippen LogP contribution is -2.57. The first-order valence-corrected chi connectivity index (χ1v) is 19.2. The predicted octanol–water partition coefficient (Wildman–Crippen LogP) is 4.18. The number of urea groups is 1. The Bertz CT molecular complexity index is 1840. The fourth-order valence-corrected chi connectivity index (χ4v) is 7.95. The van der Waals surface area contributed by atoms with Crippen molar-refractivity contribution < 1.29 is 33.5 Å². The molecular weight excluding hydrogens is 699 g/mol. The van der Waals surface area contributed by atoms with Gasteiger partial charge in [-0.3, -0.25) is 4.79 Å². The van der Waals surface area contributed by atoms with Gasteiger partial charge in [0.05, 0.1) is 41.2 Å². The number of hydrogen-bond donors (Lipinski definition) is 4. The Morgan fingerprint density at radius 3 is 2.32 bits per heavy atom. The topological polar surface area (TPSA) is 188 Å². The van der Waals surface area contributed by atoms with Gasteiger partial charge in [-0.2, -0.15) is 4.31 Å². The number of nitrogens with one attached hydrogen (secondary N) is 1. The first kappa shape index (κ1) is 40.9. The first-order valence-electron chi connectivity index (χ1n) is 17.8. The molecule has 53 heavy (non-hydrogen) atoms. The van der Waals surface area contributed by atoms with Crippen molar-refractivity contribution in [2.24, 2.45) is 22.1 Å². The van der Waals surface area contributed by atoms with Gasteiger partial charge in [0, 0.05) is 26.2 Å². The Labute approximate surface area is 311 Å². The zero-order valence-corrected chi connectivity index (χ0v) is 31.7. The lowest BCUT2D eigenvalue weighted by Gasteiger charge is -2.35. The SMILES string of the molecule is CC[C@H](C)[C@@H](C(=O)N[C@@H](Cc1ccccc1)[C@H](O)CN(CC(C)C)S(=O)(=O)c1ccc(/C=N/O)cc1)N1CCN(Cc2cccc(/C(C)=N/O)n2)C1=O. The van der Waals surface area contributed by atoms with E-state index in [0.717, 1.165) is 5.56 Å². The Hall–Kier alpha value is -4.86. The number of sulfonamides is 1. The number of amides is 3. The zero-order valence-electron chi connectivity index (χ0n) is 30.9. The van der Waals surface area contributed by atoms with E-state index in [2.05, 4.69) is 20.6 Å². The summed E-state index contributed by atoms with van der Waals surface area (Å²) in [5, 5.41) is 39.1. The van der Waals surface area contributed by atoms with E-state index in [0.29, 0.717) is 42.2 Å². The third-order valence-corrected chi connectivity index (χ3v) is 11.2. The molecule has 15 heteroatoms. The number of benzene rings is 2. The number of pyridine rings is 1. The highest BCUT2D eigenvalue weighted by molar-refractivity contribution is 7.89. The van der Waals surface area contributed by atoms with Gasteiger partial charge in [-0.1, -0.05) is 93.0 Å². The van der Waals surface area contributed by atoms with Crippen LogP contribution < -0.4 is 5.32 Å². The van der Waals surface area contributed by atoms with Crippen molar-refractivity contribution in [3.63, 3.8) is 0 Å². The molecular formula is C38H51N7O7S.